The Morgan fingerprint density at radius 1 is 1.00 bits per heavy atom. The zero-order valence-electron chi connectivity index (χ0n) is 11.6. The molecule has 0 unspecified atom stereocenters. The summed E-state index contributed by atoms with van der Waals surface area (Å²) in [4.78, 5) is 12.2. The molecule has 0 spiro atoms. The van der Waals surface area contributed by atoms with Gasteiger partial charge in [0.1, 0.15) is 0 Å². The van der Waals surface area contributed by atoms with Crippen molar-refractivity contribution in [3.8, 4) is 0 Å². The maximum Gasteiger partial charge on any atom is 0.187 e. The van der Waals surface area contributed by atoms with E-state index in [4.69, 9.17) is 0 Å². The first-order valence-corrected chi connectivity index (χ1v) is 8.20. The topological polar surface area (TPSA) is 29.1 Å². The number of carbonyl (C=O) groups is 1. The van der Waals surface area contributed by atoms with Crippen LogP contribution in [0.2, 0.25) is 0 Å². The summed E-state index contributed by atoms with van der Waals surface area (Å²) in [7, 11) is 0. The molecule has 1 N–H and O–H groups in total. The van der Waals surface area contributed by atoms with Gasteiger partial charge in [0.25, 0.3) is 0 Å². The van der Waals surface area contributed by atoms with Gasteiger partial charge in [-0.1, -0.05) is 38.8 Å². The van der Waals surface area contributed by atoms with Gasteiger partial charge in [-0.2, -0.15) is 0 Å². The molecule has 0 atom stereocenters. The van der Waals surface area contributed by atoms with Crippen molar-refractivity contribution in [3.63, 3.8) is 0 Å². The first-order chi connectivity index (χ1) is 10.1. The molecule has 2 rings (SSSR count). The Morgan fingerprint density at radius 2 is 1.52 bits per heavy atom. The molecule has 0 fully saturated rings. The van der Waals surface area contributed by atoms with Crippen molar-refractivity contribution >= 4 is 43.3 Å². The monoisotopic (exact) mass is 407 g/mol. The van der Waals surface area contributed by atoms with Gasteiger partial charge in [0.15, 0.2) is 5.78 Å². The smallest absolute Gasteiger partial charge is 0.187 e. The average molecular weight is 409 g/mol. The van der Waals surface area contributed by atoms with Gasteiger partial charge in [-0.05, 0) is 55.0 Å². The SMILES string of the molecule is CC/C(=C/C(=O)c1ccc(Br)cc1)Nc1ccc(Br)cc1. The Hall–Kier alpha value is -1.39. The molecule has 0 heterocycles. The summed E-state index contributed by atoms with van der Waals surface area (Å²) < 4.78 is 1.99. The maximum absolute atomic E-state index is 12.2. The third kappa shape index (κ3) is 4.83. The number of anilines is 1. The van der Waals surface area contributed by atoms with Gasteiger partial charge >= 0.3 is 0 Å². The van der Waals surface area contributed by atoms with Gasteiger partial charge in [0, 0.05) is 32.0 Å². The maximum atomic E-state index is 12.2. The van der Waals surface area contributed by atoms with E-state index in [1.165, 1.54) is 0 Å². The van der Waals surface area contributed by atoms with E-state index in [1.54, 1.807) is 6.08 Å². The fraction of sp³-hybridized carbons (Fsp3) is 0.118. The van der Waals surface area contributed by atoms with Crippen LogP contribution >= 0.6 is 31.9 Å². The molecule has 2 aromatic rings. The van der Waals surface area contributed by atoms with Gasteiger partial charge in [-0.25, -0.2) is 0 Å². The van der Waals surface area contributed by atoms with E-state index in [2.05, 4.69) is 37.2 Å². The lowest BCUT2D eigenvalue weighted by Crippen LogP contribution is -2.03. The Bertz CT molecular complexity index is 645. The van der Waals surface area contributed by atoms with Gasteiger partial charge in [-0.15, -0.1) is 0 Å². The number of halogens is 2. The number of hydrogen-bond acceptors (Lipinski definition) is 2. The first-order valence-electron chi connectivity index (χ1n) is 6.61. The van der Waals surface area contributed by atoms with Crippen LogP contribution in [0.15, 0.2) is 69.2 Å². The van der Waals surface area contributed by atoms with Crippen LogP contribution in [0.5, 0.6) is 0 Å². The van der Waals surface area contributed by atoms with Crippen molar-refractivity contribution in [3.05, 3.63) is 74.8 Å². The second-order valence-electron chi connectivity index (χ2n) is 4.53. The molecule has 0 aliphatic carbocycles. The summed E-state index contributed by atoms with van der Waals surface area (Å²) in [5.74, 6) is 0.00367. The molecular formula is C17H15Br2NO. The highest BCUT2D eigenvalue weighted by Crippen LogP contribution is 2.17. The second-order valence-corrected chi connectivity index (χ2v) is 6.36. The highest BCUT2D eigenvalue weighted by Gasteiger charge is 2.05. The van der Waals surface area contributed by atoms with Crippen LogP contribution in [0.4, 0.5) is 5.69 Å². The van der Waals surface area contributed by atoms with E-state index in [1.807, 2.05) is 55.5 Å². The number of ketones is 1. The van der Waals surface area contributed by atoms with Crippen LogP contribution in [0, 0.1) is 0 Å². The van der Waals surface area contributed by atoms with E-state index in [0.717, 1.165) is 26.8 Å². The molecule has 0 aromatic heterocycles. The molecule has 2 nitrogen and oxygen atoms in total. The molecule has 0 saturated heterocycles. The van der Waals surface area contributed by atoms with Gasteiger partial charge in [0.2, 0.25) is 0 Å². The lowest BCUT2D eigenvalue weighted by molar-refractivity contribution is 0.104. The fourth-order valence-electron chi connectivity index (χ4n) is 1.80. The molecule has 0 amide bonds. The zero-order valence-corrected chi connectivity index (χ0v) is 14.7. The average Bonchev–Trinajstić information content (AvgIpc) is 2.49. The Labute approximate surface area is 141 Å². The summed E-state index contributed by atoms with van der Waals surface area (Å²) in [6.07, 6.45) is 2.42. The molecule has 2 aromatic carbocycles. The molecule has 0 radical (unpaired) electrons. The largest absolute Gasteiger partial charge is 0.359 e. The molecule has 0 aliphatic heterocycles. The van der Waals surface area contributed by atoms with Gasteiger partial charge in [-0.3, -0.25) is 4.79 Å². The number of rotatable bonds is 5. The second kappa shape index (κ2) is 7.57. The number of hydrogen-bond donors (Lipinski definition) is 1. The normalized spacial score (nSPS) is 11.3. The summed E-state index contributed by atoms with van der Waals surface area (Å²) in [6.45, 7) is 2.02. The summed E-state index contributed by atoms with van der Waals surface area (Å²) in [5.41, 5.74) is 2.54. The number of carbonyl (C=O) groups excluding carboxylic acids is 1. The lowest BCUT2D eigenvalue weighted by Gasteiger charge is -2.09. The molecule has 108 valence electrons. The first kappa shape index (κ1) is 16.0. The highest BCUT2D eigenvalue weighted by atomic mass is 79.9. The van der Waals surface area contributed by atoms with Crippen LogP contribution in [0.3, 0.4) is 0 Å². The zero-order chi connectivity index (χ0) is 15.2. The standard InChI is InChI=1S/C17H15Br2NO/c1-2-15(20-16-9-7-14(19)8-10-16)11-17(21)12-3-5-13(18)6-4-12/h3-11,20H,2H2,1H3/b15-11-. The number of nitrogens with one attached hydrogen (secondary N) is 1. The minimum Gasteiger partial charge on any atom is -0.359 e. The van der Waals surface area contributed by atoms with Crippen LogP contribution in [0.25, 0.3) is 0 Å². The third-order valence-electron chi connectivity index (χ3n) is 2.96. The van der Waals surface area contributed by atoms with Crippen molar-refractivity contribution in [2.24, 2.45) is 0 Å². The summed E-state index contributed by atoms with van der Waals surface area (Å²) in [5, 5.41) is 3.28. The minimum absolute atomic E-state index is 0.00367. The van der Waals surface area contributed by atoms with Crippen LogP contribution in [-0.4, -0.2) is 5.78 Å². The predicted molar refractivity (Wildman–Crippen MR) is 94.6 cm³/mol. The quantitative estimate of drug-likeness (QED) is 0.500. The van der Waals surface area contributed by atoms with Crippen molar-refractivity contribution in [1.29, 1.82) is 0 Å². The Morgan fingerprint density at radius 3 is 2.05 bits per heavy atom. The van der Waals surface area contributed by atoms with Crippen LogP contribution < -0.4 is 5.32 Å². The number of allylic oxidation sites excluding steroid dienone is 2. The molecule has 0 saturated carbocycles. The van der Waals surface area contributed by atoms with E-state index < -0.39 is 0 Å². The van der Waals surface area contributed by atoms with Crippen molar-refractivity contribution < 1.29 is 4.79 Å². The van der Waals surface area contributed by atoms with E-state index in [9.17, 15) is 4.79 Å². The van der Waals surface area contributed by atoms with Crippen molar-refractivity contribution in [2.45, 2.75) is 13.3 Å². The van der Waals surface area contributed by atoms with Crippen molar-refractivity contribution in [1.82, 2.24) is 0 Å². The Kier molecular flexibility index (Phi) is 5.76. The molecule has 0 bridgehead atoms. The van der Waals surface area contributed by atoms with E-state index in [0.29, 0.717) is 5.56 Å². The number of benzene rings is 2. The lowest BCUT2D eigenvalue weighted by atomic mass is 10.1. The molecule has 21 heavy (non-hydrogen) atoms. The fourth-order valence-corrected chi connectivity index (χ4v) is 2.33. The Balaban J connectivity index is 2.14. The third-order valence-corrected chi connectivity index (χ3v) is 4.02. The van der Waals surface area contributed by atoms with E-state index in [-0.39, 0.29) is 5.78 Å². The summed E-state index contributed by atoms with van der Waals surface area (Å²) in [6, 6.07) is 15.2. The summed E-state index contributed by atoms with van der Waals surface area (Å²) >= 11 is 6.77. The van der Waals surface area contributed by atoms with Crippen LogP contribution in [-0.2, 0) is 0 Å². The van der Waals surface area contributed by atoms with Gasteiger partial charge < -0.3 is 5.32 Å². The highest BCUT2D eigenvalue weighted by molar-refractivity contribution is 9.10. The van der Waals surface area contributed by atoms with Gasteiger partial charge in [0.05, 0.1) is 0 Å². The predicted octanol–water partition coefficient (Wildman–Crippen LogP) is 5.80. The van der Waals surface area contributed by atoms with E-state index >= 15 is 0 Å². The molecule has 4 heteroatoms. The molecular weight excluding hydrogens is 394 g/mol. The van der Waals surface area contributed by atoms with Crippen LogP contribution in [0.1, 0.15) is 23.7 Å². The van der Waals surface area contributed by atoms with Crippen molar-refractivity contribution in [2.75, 3.05) is 5.32 Å². The molecule has 0 aliphatic rings. The minimum atomic E-state index is 0.00367.